The summed E-state index contributed by atoms with van der Waals surface area (Å²) in [5.74, 6) is 3.01. The van der Waals surface area contributed by atoms with Gasteiger partial charge in [-0.25, -0.2) is 0 Å². The van der Waals surface area contributed by atoms with E-state index in [0.717, 1.165) is 31.6 Å². The van der Waals surface area contributed by atoms with Crippen LogP contribution in [0.5, 0.6) is 0 Å². The van der Waals surface area contributed by atoms with Crippen molar-refractivity contribution in [3.8, 4) is 0 Å². The van der Waals surface area contributed by atoms with Crippen molar-refractivity contribution in [3.05, 3.63) is 12.2 Å². The van der Waals surface area contributed by atoms with Gasteiger partial charge in [-0.1, -0.05) is 59.0 Å². The van der Waals surface area contributed by atoms with E-state index in [1.54, 1.807) is 6.08 Å². The van der Waals surface area contributed by atoms with Crippen molar-refractivity contribution in [2.24, 2.45) is 34.5 Å². The second-order valence-electron chi connectivity index (χ2n) is 11.4. The van der Waals surface area contributed by atoms with Gasteiger partial charge >= 0.3 is 0 Å². The number of carbonyl (C=O) groups excluding carboxylic acids is 2. The molecule has 0 spiro atoms. The molecule has 0 saturated heterocycles. The Morgan fingerprint density at radius 3 is 2.57 bits per heavy atom. The van der Waals surface area contributed by atoms with Crippen molar-refractivity contribution in [3.63, 3.8) is 0 Å². The maximum Gasteiger partial charge on any atom is 0.243 e. The molecule has 4 aliphatic rings. The SMILES string of the molecule is CCCCCCCCC(=O)[C@H]1CC[C@H]2[C@@H]3CC[C@H]4NC(=O)C=C[C@]4(C)[C@H]3CC[C@]12C. The number of unbranched alkanes of at least 4 members (excludes halogenated alkanes) is 5. The first kappa shape index (κ1) is 22.1. The summed E-state index contributed by atoms with van der Waals surface area (Å²) in [4.78, 5) is 25.1. The van der Waals surface area contributed by atoms with E-state index in [1.807, 2.05) is 0 Å². The Bertz CT molecular complexity index is 684. The average Bonchev–Trinajstić information content (AvgIpc) is 3.08. The van der Waals surface area contributed by atoms with Gasteiger partial charge in [0.05, 0.1) is 0 Å². The van der Waals surface area contributed by atoms with Crippen LogP contribution >= 0.6 is 0 Å². The minimum Gasteiger partial charge on any atom is -0.349 e. The summed E-state index contributed by atoms with van der Waals surface area (Å²) in [6.45, 7) is 7.09. The molecule has 0 aromatic rings. The summed E-state index contributed by atoms with van der Waals surface area (Å²) in [6, 6.07) is 0.298. The van der Waals surface area contributed by atoms with Crippen molar-refractivity contribution in [2.75, 3.05) is 0 Å². The molecule has 3 fully saturated rings. The van der Waals surface area contributed by atoms with Crippen molar-refractivity contribution in [1.82, 2.24) is 5.32 Å². The molecule has 1 heterocycles. The first-order valence-electron chi connectivity index (χ1n) is 12.9. The quantitative estimate of drug-likeness (QED) is 0.480. The number of fused-ring (bicyclic) bond motifs is 5. The van der Waals surface area contributed by atoms with Crippen LogP contribution < -0.4 is 5.32 Å². The highest BCUT2D eigenvalue weighted by Crippen LogP contribution is 2.65. The molecule has 1 aliphatic heterocycles. The standard InChI is InChI=1S/C27H43NO2/c1-4-5-6-7-8-9-10-23(29)22-13-12-20-19-11-14-24-27(3,18-16-25(30)28-24)21(19)15-17-26(20,22)2/h16,18-22,24H,4-15,17H2,1-3H3,(H,28,30)/t19-,20-,21-,22+,24+,26-,27+/m0/s1. The third kappa shape index (κ3) is 3.79. The lowest BCUT2D eigenvalue weighted by atomic mass is 9.47. The molecule has 3 saturated carbocycles. The molecule has 1 amide bonds. The second kappa shape index (κ2) is 8.79. The number of hydrogen-bond acceptors (Lipinski definition) is 2. The van der Waals surface area contributed by atoms with Crippen LogP contribution in [0.4, 0.5) is 0 Å². The molecule has 7 atom stereocenters. The molecular formula is C27H43NO2. The van der Waals surface area contributed by atoms with Crippen LogP contribution in [0.15, 0.2) is 12.2 Å². The van der Waals surface area contributed by atoms with E-state index < -0.39 is 0 Å². The Kier molecular flexibility index (Phi) is 6.47. The Balaban J connectivity index is 1.40. The third-order valence-electron chi connectivity index (χ3n) is 9.85. The molecule has 3 heteroatoms. The number of ketones is 1. The van der Waals surface area contributed by atoms with Crippen molar-refractivity contribution >= 4 is 11.7 Å². The van der Waals surface area contributed by atoms with Crippen LogP contribution in [0.2, 0.25) is 0 Å². The summed E-state index contributed by atoms with van der Waals surface area (Å²) in [5.41, 5.74) is 0.310. The van der Waals surface area contributed by atoms with E-state index in [0.29, 0.717) is 29.6 Å². The fourth-order valence-corrected chi connectivity index (χ4v) is 8.12. The zero-order chi connectivity index (χ0) is 21.4. The molecule has 3 aliphatic carbocycles. The highest BCUT2D eigenvalue weighted by atomic mass is 16.1. The molecule has 3 nitrogen and oxygen atoms in total. The number of Topliss-reactive ketones (excluding diaryl/α,β-unsaturated/α-hetero) is 1. The van der Waals surface area contributed by atoms with E-state index in [9.17, 15) is 9.59 Å². The fraction of sp³-hybridized carbons (Fsp3) is 0.852. The van der Waals surface area contributed by atoms with Crippen molar-refractivity contribution < 1.29 is 9.59 Å². The summed E-state index contributed by atoms with van der Waals surface area (Å²) < 4.78 is 0. The molecule has 168 valence electrons. The van der Waals surface area contributed by atoms with Gasteiger partial charge < -0.3 is 5.32 Å². The first-order valence-corrected chi connectivity index (χ1v) is 12.9. The fourth-order valence-electron chi connectivity index (χ4n) is 8.12. The summed E-state index contributed by atoms with van der Waals surface area (Å²) in [5, 5.41) is 3.25. The van der Waals surface area contributed by atoms with Crippen LogP contribution in [0.1, 0.15) is 104 Å². The van der Waals surface area contributed by atoms with Gasteiger partial charge in [-0.05, 0) is 74.2 Å². The molecule has 0 radical (unpaired) electrons. The van der Waals surface area contributed by atoms with E-state index >= 15 is 0 Å². The van der Waals surface area contributed by atoms with Gasteiger partial charge in [0.2, 0.25) is 5.91 Å². The lowest BCUT2D eigenvalue weighted by Crippen LogP contribution is -2.59. The predicted octanol–water partition coefficient (Wildman–Crippen LogP) is 6.22. The Morgan fingerprint density at radius 2 is 1.77 bits per heavy atom. The predicted molar refractivity (Wildman–Crippen MR) is 122 cm³/mol. The third-order valence-corrected chi connectivity index (χ3v) is 9.85. The largest absolute Gasteiger partial charge is 0.349 e. The summed E-state index contributed by atoms with van der Waals surface area (Å²) >= 11 is 0. The zero-order valence-electron chi connectivity index (χ0n) is 19.6. The molecule has 4 rings (SSSR count). The van der Waals surface area contributed by atoms with E-state index in [2.05, 4.69) is 32.2 Å². The summed E-state index contributed by atoms with van der Waals surface area (Å²) in [7, 11) is 0. The maximum atomic E-state index is 13.2. The van der Waals surface area contributed by atoms with E-state index in [1.165, 1.54) is 57.8 Å². The van der Waals surface area contributed by atoms with Gasteiger partial charge in [0.15, 0.2) is 0 Å². The molecule has 30 heavy (non-hydrogen) atoms. The minimum absolute atomic E-state index is 0.0813. The van der Waals surface area contributed by atoms with Gasteiger partial charge in [-0.3, -0.25) is 9.59 Å². The van der Waals surface area contributed by atoms with Crippen LogP contribution in [0, 0.1) is 34.5 Å². The Morgan fingerprint density at radius 1 is 1.00 bits per heavy atom. The molecular weight excluding hydrogens is 370 g/mol. The Hall–Kier alpha value is -1.12. The number of amides is 1. The lowest BCUT2D eigenvalue weighted by molar-refractivity contribution is -0.132. The Labute approximate surface area is 183 Å². The highest BCUT2D eigenvalue weighted by molar-refractivity contribution is 5.89. The zero-order valence-corrected chi connectivity index (χ0v) is 19.6. The number of hydrogen-bond donors (Lipinski definition) is 1. The van der Waals surface area contributed by atoms with Crippen molar-refractivity contribution in [1.29, 1.82) is 0 Å². The minimum atomic E-state index is 0.0813. The number of rotatable bonds is 8. The van der Waals surface area contributed by atoms with Gasteiger partial charge in [0, 0.05) is 23.8 Å². The maximum absolute atomic E-state index is 13.2. The van der Waals surface area contributed by atoms with Gasteiger partial charge in [0.25, 0.3) is 0 Å². The number of carbonyl (C=O) groups is 2. The monoisotopic (exact) mass is 413 g/mol. The first-order chi connectivity index (χ1) is 14.4. The topological polar surface area (TPSA) is 46.2 Å². The molecule has 0 aromatic carbocycles. The van der Waals surface area contributed by atoms with E-state index in [-0.39, 0.29) is 16.7 Å². The van der Waals surface area contributed by atoms with Crippen LogP contribution in [0.25, 0.3) is 0 Å². The molecule has 0 unspecified atom stereocenters. The smallest absolute Gasteiger partial charge is 0.243 e. The average molecular weight is 414 g/mol. The van der Waals surface area contributed by atoms with E-state index in [4.69, 9.17) is 0 Å². The van der Waals surface area contributed by atoms with Crippen LogP contribution in [0.3, 0.4) is 0 Å². The lowest BCUT2D eigenvalue weighted by Gasteiger charge is -2.58. The summed E-state index contributed by atoms with van der Waals surface area (Å²) in [6.07, 6.45) is 19.4. The van der Waals surface area contributed by atoms with Crippen molar-refractivity contribution in [2.45, 2.75) is 110 Å². The molecule has 1 N–H and O–H groups in total. The second-order valence-corrected chi connectivity index (χ2v) is 11.4. The van der Waals surface area contributed by atoms with Gasteiger partial charge in [-0.15, -0.1) is 0 Å². The normalized spacial score (nSPS) is 42.2. The van der Waals surface area contributed by atoms with Crippen LogP contribution in [-0.2, 0) is 9.59 Å². The highest BCUT2D eigenvalue weighted by Gasteiger charge is 2.60. The molecule has 0 aromatic heterocycles. The van der Waals surface area contributed by atoms with Gasteiger partial charge in [0.1, 0.15) is 5.78 Å². The van der Waals surface area contributed by atoms with Gasteiger partial charge in [-0.2, -0.15) is 0 Å². The van der Waals surface area contributed by atoms with Crippen LogP contribution in [-0.4, -0.2) is 17.7 Å². The number of nitrogens with one attached hydrogen (secondary N) is 1. The molecule has 0 bridgehead atoms.